The molecule has 5 heterocycles. The Bertz CT molecular complexity index is 1590. The predicted molar refractivity (Wildman–Crippen MR) is 128 cm³/mol. The normalized spacial score (nSPS) is 26.4. The van der Waals surface area contributed by atoms with E-state index in [4.69, 9.17) is 0 Å². The summed E-state index contributed by atoms with van der Waals surface area (Å²) in [4.78, 5) is 3.88. The average Bonchev–Trinajstić information content (AvgIpc) is 3.45. The summed E-state index contributed by atoms with van der Waals surface area (Å²) in [5, 5.41) is 3.87. The molecule has 10 heteroatoms. The van der Waals surface area contributed by atoms with Gasteiger partial charge in [0.1, 0.15) is 11.6 Å². The first-order valence-corrected chi connectivity index (χ1v) is 12.5. The van der Waals surface area contributed by atoms with Gasteiger partial charge >= 0.3 is 24.0 Å². The van der Waals surface area contributed by atoms with Crippen molar-refractivity contribution < 1.29 is 35.8 Å². The van der Waals surface area contributed by atoms with E-state index in [-0.39, 0.29) is 5.56 Å². The second-order valence-corrected chi connectivity index (χ2v) is 9.99. The van der Waals surface area contributed by atoms with Crippen molar-refractivity contribution >= 4 is 11.7 Å². The minimum atomic E-state index is -4.71. The number of pyridine rings is 2. The van der Waals surface area contributed by atoms with Gasteiger partial charge in [-0.3, -0.25) is 0 Å². The molecule has 3 aliphatic rings. The van der Waals surface area contributed by atoms with Crippen molar-refractivity contribution in [1.29, 1.82) is 0 Å². The highest BCUT2D eigenvalue weighted by Crippen LogP contribution is 2.52. The lowest BCUT2D eigenvalue weighted by molar-refractivity contribution is -0.764. The van der Waals surface area contributed by atoms with Gasteiger partial charge in [-0.15, -0.1) is 0 Å². The summed E-state index contributed by atoms with van der Waals surface area (Å²) in [5.41, 5.74) is 0.0752. The van der Waals surface area contributed by atoms with Crippen molar-refractivity contribution in [2.24, 2.45) is 10.1 Å². The number of aromatic nitrogens is 2. The molecule has 0 radical (unpaired) electrons. The van der Waals surface area contributed by atoms with Crippen LogP contribution in [0.1, 0.15) is 51.0 Å². The van der Waals surface area contributed by atoms with Crippen LogP contribution in [0.15, 0.2) is 77.1 Å². The van der Waals surface area contributed by atoms with E-state index in [0.717, 1.165) is 6.07 Å². The van der Waals surface area contributed by atoms with Crippen LogP contribution in [0, 0.1) is 11.6 Å². The lowest BCUT2D eigenvalue weighted by Gasteiger charge is -2.45. The highest BCUT2D eigenvalue weighted by Gasteiger charge is 2.64. The number of halogens is 5. The molecule has 0 amide bonds. The van der Waals surface area contributed by atoms with Gasteiger partial charge in [0, 0.05) is 53.5 Å². The Hall–Kier alpha value is -3.82. The van der Waals surface area contributed by atoms with Gasteiger partial charge in [-0.25, -0.2) is 8.78 Å². The van der Waals surface area contributed by atoms with E-state index < -0.39 is 40.8 Å². The second kappa shape index (κ2) is 8.09. The maximum absolute atomic E-state index is 15.5. The lowest BCUT2D eigenvalue weighted by Crippen LogP contribution is -2.68. The third-order valence-corrected chi connectivity index (χ3v) is 8.34. The van der Waals surface area contributed by atoms with Crippen LogP contribution in [0.3, 0.4) is 0 Å². The fraction of sp³-hybridized carbons (Fsp3) is 0.321. The predicted octanol–water partition coefficient (Wildman–Crippen LogP) is 5.94. The number of benzene rings is 1. The summed E-state index contributed by atoms with van der Waals surface area (Å²) in [6, 6.07) is 12.9. The molecule has 3 unspecified atom stereocenters. The topological polar surface area (TPSA) is 35.5 Å². The van der Waals surface area contributed by atoms with Crippen LogP contribution < -0.4 is 9.13 Å². The van der Waals surface area contributed by atoms with Crippen molar-refractivity contribution in [3.8, 4) is 11.3 Å². The number of amidine groups is 1. The first kappa shape index (κ1) is 24.5. The molecule has 194 valence electrons. The fourth-order valence-corrected chi connectivity index (χ4v) is 6.35. The second-order valence-electron chi connectivity index (χ2n) is 9.99. The Morgan fingerprint density at radius 3 is 2.45 bits per heavy atom. The van der Waals surface area contributed by atoms with Crippen LogP contribution in [0.4, 0.5) is 22.0 Å². The smallest absolute Gasteiger partial charge is 0.207 e. The van der Waals surface area contributed by atoms with Gasteiger partial charge in [-0.1, -0.05) is 18.4 Å². The molecule has 0 saturated heterocycles. The van der Waals surface area contributed by atoms with Gasteiger partial charge in [-0.05, 0) is 30.2 Å². The monoisotopic (exact) mass is 526 g/mol. The van der Waals surface area contributed by atoms with E-state index in [0.29, 0.717) is 35.6 Å². The number of hydrogen-bond donors (Lipinski definition) is 0. The number of aliphatic imine (C=N–C) groups is 1. The van der Waals surface area contributed by atoms with Gasteiger partial charge in [0.05, 0.1) is 17.1 Å². The Morgan fingerprint density at radius 1 is 1.00 bits per heavy atom. The molecular weight excluding hydrogens is 501 g/mol. The SMILES string of the molecule is CCC1(C=C2[N+]3=NC(C(F)(F)F)=NC3c3cccc[n+]32)c2cc(F)cc(F)c2-c2cccc[n+]2C1(C)CC. The van der Waals surface area contributed by atoms with Crippen LogP contribution in [0.2, 0.25) is 0 Å². The van der Waals surface area contributed by atoms with Crippen LogP contribution >= 0.6 is 0 Å². The van der Waals surface area contributed by atoms with E-state index in [1.807, 2.05) is 43.7 Å². The van der Waals surface area contributed by atoms with Crippen molar-refractivity contribution in [3.63, 3.8) is 0 Å². The van der Waals surface area contributed by atoms with Crippen LogP contribution in [0.25, 0.3) is 17.1 Å². The number of hydrogen-bond acceptors (Lipinski definition) is 2. The maximum atomic E-state index is 15.5. The maximum Gasteiger partial charge on any atom is 0.474 e. The van der Waals surface area contributed by atoms with Gasteiger partial charge in [0.2, 0.25) is 5.69 Å². The lowest BCUT2D eigenvalue weighted by atomic mass is 9.59. The molecule has 0 fully saturated rings. The molecule has 0 N–H and O–H groups in total. The molecule has 6 rings (SSSR count). The van der Waals surface area contributed by atoms with Crippen LogP contribution in [-0.4, -0.2) is 16.7 Å². The Morgan fingerprint density at radius 2 is 1.74 bits per heavy atom. The Balaban J connectivity index is 1.71. The zero-order valence-corrected chi connectivity index (χ0v) is 21.0. The van der Waals surface area contributed by atoms with Crippen molar-refractivity contribution in [2.45, 2.75) is 56.9 Å². The summed E-state index contributed by atoms with van der Waals surface area (Å²) in [7, 11) is 0. The summed E-state index contributed by atoms with van der Waals surface area (Å²) >= 11 is 0. The van der Waals surface area contributed by atoms with Crippen molar-refractivity contribution in [2.75, 3.05) is 0 Å². The molecule has 3 aliphatic heterocycles. The molecule has 5 nitrogen and oxygen atoms in total. The third-order valence-electron chi connectivity index (χ3n) is 8.34. The van der Waals surface area contributed by atoms with E-state index in [1.54, 1.807) is 41.1 Å². The van der Waals surface area contributed by atoms with Gasteiger partial charge in [0.15, 0.2) is 17.9 Å². The first-order valence-electron chi connectivity index (χ1n) is 12.5. The number of fused-ring (bicyclic) bond motifs is 6. The Labute approximate surface area is 215 Å². The van der Waals surface area contributed by atoms with E-state index in [2.05, 4.69) is 10.1 Å². The molecule has 2 aromatic heterocycles. The highest BCUT2D eigenvalue weighted by molar-refractivity contribution is 5.88. The Kier molecular flexibility index (Phi) is 5.22. The average molecular weight is 527 g/mol. The molecule has 0 bridgehead atoms. The van der Waals surface area contributed by atoms with Crippen molar-refractivity contribution in [3.05, 3.63) is 89.9 Å². The number of alkyl halides is 3. The standard InChI is InChI=1S/C28H25F5N5/c1-4-26(3)27(5-2,18-14-17(29)15-19(30)23(18)20-10-7-9-13-37(20)26)16-22-36-12-8-6-11-21(36)24-34-25(28(31,32)33)35-38(22)24/h6-16,24H,4-5H2,1-3H3/q+3. The minimum Gasteiger partial charge on any atom is -0.207 e. The number of rotatable bonds is 3. The number of azo groups is 2. The van der Waals surface area contributed by atoms with Gasteiger partial charge < -0.3 is 0 Å². The zero-order chi connectivity index (χ0) is 27.0. The summed E-state index contributed by atoms with van der Waals surface area (Å²) in [6.45, 7) is 5.94. The third kappa shape index (κ3) is 3.12. The molecule has 1 aromatic carbocycles. The van der Waals surface area contributed by atoms with Crippen molar-refractivity contribution in [1.82, 2.24) is 0 Å². The quantitative estimate of drug-likeness (QED) is 0.299. The van der Waals surface area contributed by atoms with Gasteiger partial charge in [-0.2, -0.15) is 22.7 Å². The molecule has 3 atom stereocenters. The van der Waals surface area contributed by atoms with E-state index >= 15 is 4.39 Å². The van der Waals surface area contributed by atoms with E-state index in [9.17, 15) is 17.6 Å². The fourth-order valence-electron chi connectivity index (χ4n) is 6.35. The first-order chi connectivity index (χ1) is 18.1. The molecular formula is C28H25F5N5+3. The molecule has 0 spiro atoms. The highest BCUT2D eigenvalue weighted by atomic mass is 19.4. The largest absolute Gasteiger partial charge is 0.474 e. The molecule has 0 saturated carbocycles. The molecule has 38 heavy (non-hydrogen) atoms. The van der Waals surface area contributed by atoms with E-state index in [1.165, 1.54) is 10.8 Å². The van der Waals surface area contributed by atoms with Crippen LogP contribution in [0.5, 0.6) is 0 Å². The summed E-state index contributed by atoms with van der Waals surface area (Å²) in [5.74, 6) is -2.27. The zero-order valence-electron chi connectivity index (χ0n) is 21.0. The molecule has 0 aliphatic carbocycles. The number of allylic oxidation sites excluding steroid dienone is 1. The van der Waals surface area contributed by atoms with Crippen LogP contribution in [-0.2, 0) is 11.0 Å². The number of nitrogens with zero attached hydrogens (tertiary/aromatic N) is 5. The summed E-state index contributed by atoms with van der Waals surface area (Å²) < 4.78 is 76.3. The minimum absolute atomic E-state index is 0.273. The van der Waals surface area contributed by atoms with Gasteiger partial charge in [0.25, 0.3) is 5.69 Å². The summed E-state index contributed by atoms with van der Waals surface area (Å²) in [6.07, 6.45) is 0.715. The molecule has 3 aromatic rings.